The molecule has 0 aliphatic heterocycles. The van der Waals surface area contributed by atoms with E-state index in [1.807, 2.05) is 62.6 Å². The first kappa shape index (κ1) is 19.8. The van der Waals surface area contributed by atoms with Crippen LogP contribution in [0.2, 0.25) is 0 Å². The standard InChI is InChI=1S/C21H28N2O3/c1-6-14(3)22-20(24)18-15(4)19(21(25)26-7-2)23(16(18)5)13-17-11-9-8-10-12-17/h8-12,14H,6-7,13H2,1-5H3,(H,22,24)/t14-/m0/s1. The summed E-state index contributed by atoms with van der Waals surface area (Å²) in [6.45, 7) is 10.3. The number of esters is 1. The van der Waals surface area contributed by atoms with Gasteiger partial charge in [0, 0.05) is 18.3 Å². The van der Waals surface area contributed by atoms with Crippen molar-refractivity contribution in [3.05, 3.63) is 58.4 Å². The molecule has 0 fully saturated rings. The Hall–Kier alpha value is -2.56. The molecule has 5 heteroatoms. The van der Waals surface area contributed by atoms with Gasteiger partial charge in [0.05, 0.1) is 12.2 Å². The Bertz CT molecular complexity index is 778. The molecule has 1 N–H and O–H groups in total. The lowest BCUT2D eigenvalue weighted by molar-refractivity contribution is 0.0513. The van der Waals surface area contributed by atoms with Crippen molar-refractivity contribution in [1.29, 1.82) is 0 Å². The van der Waals surface area contributed by atoms with Gasteiger partial charge >= 0.3 is 5.97 Å². The number of carbonyl (C=O) groups excluding carboxylic acids is 2. The van der Waals surface area contributed by atoms with Crippen molar-refractivity contribution in [1.82, 2.24) is 9.88 Å². The van der Waals surface area contributed by atoms with Crippen molar-refractivity contribution in [2.75, 3.05) is 6.61 Å². The van der Waals surface area contributed by atoms with E-state index in [-0.39, 0.29) is 11.9 Å². The van der Waals surface area contributed by atoms with Gasteiger partial charge in [0.2, 0.25) is 0 Å². The van der Waals surface area contributed by atoms with Crippen LogP contribution in [0, 0.1) is 13.8 Å². The van der Waals surface area contributed by atoms with Crippen molar-refractivity contribution in [2.24, 2.45) is 0 Å². The van der Waals surface area contributed by atoms with E-state index in [1.54, 1.807) is 6.92 Å². The van der Waals surface area contributed by atoms with Crippen LogP contribution in [0.25, 0.3) is 0 Å². The third-order valence-corrected chi connectivity index (χ3v) is 4.64. The van der Waals surface area contributed by atoms with E-state index in [1.165, 1.54) is 0 Å². The average Bonchev–Trinajstić information content (AvgIpc) is 2.86. The number of carbonyl (C=O) groups is 2. The maximum Gasteiger partial charge on any atom is 0.355 e. The molecule has 0 saturated heterocycles. The van der Waals surface area contributed by atoms with Crippen LogP contribution in [0.3, 0.4) is 0 Å². The van der Waals surface area contributed by atoms with E-state index in [0.717, 1.165) is 17.7 Å². The summed E-state index contributed by atoms with van der Waals surface area (Å²) in [5, 5.41) is 3.00. The first-order chi connectivity index (χ1) is 12.4. The molecule has 1 atom stereocenters. The third kappa shape index (κ3) is 4.15. The molecule has 0 aliphatic carbocycles. The molecule has 0 bridgehead atoms. The maximum atomic E-state index is 12.8. The van der Waals surface area contributed by atoms with Crippen LogP contribution in [0.15, 0.2) is 30.3 Å². The molecule has 0 aliphatic rings. The number of hydrogen-bond acceptors (Lipinski definition) is 3. The molecule has 2 rings (SSSR count). The van der Waals surface area contributed by atoms with Gasteiger partial charge in [-0.2, -0.15) is 0 Å². The molecule has 0 radical (unpaired) electrons. The molecule has 2 aromatic rings. The number of nitrogens with zero attached hydrogens (tertiary/aromatic N) is 1. The van der Waals surface area contributed by atoms with Crippen molar-refractivity contribution >= 4 is 11.9 Å². The number of aromatic nitrogens is 1. The van der Waals surface area contributed by atoms with Gasteiger partial charge in [-0.1, -0.05) is 37.3 Å². The molecule has 140 valence electrons. The van der Waals surface area contributed by atoms with Crippen LogP contribution < -0.4 is 5.32 Å². The monoisotopic (exact) mass is 356 g/mol. The topological polar surface area (TPSA) is 60.3 Å². The quantitative estimate of drug-likeness (QED) is 0.767. The van der Waals surface area contributed by atoms with Gasteiger partial charge < -0.3 is 14.6 Å². The minimum atomic E-state index is -0.397. The summed E-state index contributed by atoms with van der Waals surface area (Å²) in [6.07, 6.45) is 0.847. The van der Waals surface area contributed by atoms with Gasteiger partial charge in [-0.05, 0) is 45.2 Å². The normalized spacial score (nSPS) is 11.9. The molecule has 1 aromatic heterocycles. The Morgan fingerprint density at radius 2 is 1.81 bits per heavy atom. The van der Waals surface area contributed by atoms with Crippen molar-refractivity contribution in [2.45, 2.75) is 53.6 Å². The Balaban J connectivity index is 2.52. The summed E-state index contributed by atoms with van der Waals surface area (Å²) in [7, 11) is 0. The maximum absolute atomic E-state index is 12.8. The smallest absolute Gasteiger partial charge is 0.355 e. The molecular formula is C21H28N2O3. The van der Waals surface area contributed by atoms with E-state index in [9.17, 15) is 9.59 Å². The highest BCUT2D eigenvalue weighted by Gasteiger charge is 2.27. The lowest BCUT2D eigenvalue weighted by atomic mass is 10.1. The summed E-state index contributed by atoms with van der Waals surface area (Å²) in [5.74, 6) is -0.543. The molecule has 26 heavy (non-hydrogen) atoms. The van der Waals surface area contributed by atoms with Crippen LogP contribution in [-0.4, -0.2) is 29.1 Å². The second-order valence-corrected chi connectivity index (χ2v) is 6.51. The number of benzene rings is 1. The van der Waals surface area contributed by atoms with Gasteiger partial charge in [-0.25, -0.2) is 4.79 Å². The molecule has 0 unspecified atom stereocenters. The zero-order valence-electron chi connectivity index (χ0n) is 16.3. The minimum Gasteiger partial charge on any atom is -0.461 e. The van der Waals surface area contributed by atoms with Gasteiger partial charge in [0.1, 0.15) is 5.69 Å². The fraction of sp³-hybridized carbons (Fsp3) is 0.429. The number of hydrogen-bond donors (Lipinski definition) is 1. The predicted octanol–water partition coefficient (Wildman–Crippen LogP) is 3.86. The summed E-state index contributed by atoms with van der Waals surface area (Å²) in [4.78, 5) is 25.3. The highest BCUT2D eigenvalue weighted by molar-refractivity contribution is 6.01. The van der Waals surface area contributed by atoms with E-state index in [4.69, 9.17) is 4.74 Å². The SMILES string of the molecule is CCOC(=O)c1c(C)c(C(=O)N[C@@H](C)CC)c(C)n1Cc1ccccc1. The second kappa shape index (κ2) is 8.70. The zero-order chi connectivity index (χ0) is 19.3. The van der Waals surface area contributed by atoms with Crippen LogP contribution >= 0.6 is 0 Å². The number of amides is 1. The Morgan fingerprint density at radius 3 is 2.38 bits per heavy atom. The van der Waals surface area contributed by atoms with E-state index >= 15 is 0 Å². The fourth-order valence-corrected chi connectivity index (χ4v) is 3.05. The Morgan fingerprint density at radius 1 is 1.15 bits per heavy atom. The van der Waals surface area contributed by atoms with E-state index in [0.29, 0.717) is 30.0 Å². The van der Waals surface area contributed by atoms with Crippen LogP contribution in [-0.2, 0) is 11.3 Å². The average molecular weight is 356 g/mol. The molecule has 5 nitrogen and oxygen atoms in total. The van der Waals surface area contributed by atoms with Crippen molar-refractivity contribution < 1.29 is 14.3 Å². The molecule has 0 saturated carbocycles. The largest absolute Gasteiger partial charge is 0.461 e. The van der Waals surface area contributed by atoms with Gasteiger partial charge in [-0.3, -0.25) is 4.79 Å². The first-order valence-electron chi connectivity index (χ1n) is 9.12. The Kier molecular flexibility index (Phi) is 6.61. The lowest BCUT2D eigenvalue weighted by Gasteiger charge is -2.13. The summed E-state index contributed by atoms with van der Waals surface area (Å²) >= 11 is 0. The van der Waals surface area contributed by atoms with Gasteiger partial charge in [0.25, 0.3) is 5.91 Å². The van der Waals surface area contributed by atoms with E-state index in [2.05, 4.69) is 5.32 Å². The van der Waals surface area contributed by atoms with Crippen molar-refractivity contribution in [3.63, 3.8) is 0 Å². The number of nitrogens with one attached hydrogen (secondary N) is 1. The minimum absolute atomic E-state index is 0.0739. The summed E-state index contributed by atoms with van der Waals surface area (Å²) < 4.78 is 7.13. The number of ether oxygens (including phenoxy) is 1. The lowest BCUT2D eigenvalue weighted by Crippen LogP contribution is -2.32. The molecule has 1 heterocycles. The predicted molar refractivity (Wildman–Crippen MR) is 103 cm³/mol. The zero-order valence-corrected chi connectivity index (χ0v) is 16.3. The molecule has 0 spiro atoms. The molecular weight excluding hydrogens is 328 g/mol. The molecule has 1 amide bonds. The van der Waals surface area contributed by atoms with Gasteiger partial charge in [-0.15, -0.1) is 0 Å². The van der Waals surface area contributed by atoms with Crippen LogP contribution in [0.5, 0.6) is 0 Å². The summed E-state index contributed by atoms with van der Waals surface area (Å²) in [6, 6.07) is 9.95. The third-order valence-electron chi connectivity index (χ3n) is 4.64. The highest BCUT2D eigenvalue weighted by Crippen LogP contribution is 2.25. The van der Waals surface area contributed by atoms with Crippen molar-refractivity contribution in [3.8, 4) is 0 Å². The van der Waals surface area contributed by atoms with E-state index < -0.39 is 5.97 Å². The highest BCUT2D eigenvalue weighted by atomic mass is 16.5. The number of rotatable bonds is 7. The molecule has 1 aromatic carbocycles. The Labute approximate surface area is 155 Å². The van der Waals surface area contributed by atoms with Crippen LogP contribution in [0.1, 0.15) is 64.9 Å². The summed E-state index contributed by atoms with van der Waals surface area (Å²) in [5.41, 5.74) is 3.50. The first-order valence-corrected chi connectivity index (χ1v) is 9.12. The van der Waals surface area contributed by atoms with Crippen LogP contribution in [0.4, 0.5) is 0 Å². The second-order valence-electron chi connectivity index (χ2n) is 6.51. The fourth-order valence-electron chi connectivity index (χ4n) is 3.05. The van der Waals surface area contributed by atoms with Gasteiger partial charge in [0.15, 0.2) is 0 Å².